The van der Waals surface area contributed by atoms with Gasteiger partial charge in [0.15, 0.2) is 0 Å². The first-order chi connectivity index (χ1) is 19.2. The maximum absolute atomic E-state index is 3.82. The number of aromatic nitrogens is 1. The molecule has 2 heteroatoms. The zero-order chi connectivity index (χ0) is 26.3. The summed E-state index contributed by atoms with van der Waals surface area (Å²) in [6.45, 7) is 6.00. The number of nitrogens with zero attached hydrogens (tertiary/aromatic N) is 2. The summed E-state index contributed by atoms with van der Waals surface area (Å²) >= 11 is 0. The number of anilines is 2. The van der Waals surface area contributed by atoms with Crippen LogP contribution in [0, 0.1) is 6.92 Å². The second kappa shape index (κ2) is 9.34. The minimum Gasteiger partial charge on any atom is -0.309 e. The molecule has 0 spiro atoms. The number of rotatable bonds is 5. The maximum Gasteiger partial charge on any atom is 0.0555 e. The highest BCUT2D eigenvalue weighted by molar-refractivity contribution is 6.11. The van der Waals surface area contributed by atoms with E-state index in [2.05, 4.69) is 150 Å². The predicted molar refractivity (Wildman–Crippen MR) is 167 cm³/mol. The fraction of sp³-hybridized carbons (Fsp3) is 0.0270. The minimum atomic E-state index is 1.17. The van der Waals surface area contributed by atoms with Crippen molar-refractivity contribution in [3.05, 3.63) is 157 Å². The topological polar surface area (TPSA) is 8.17 Å². The molecule has 0 N–H and O–H groups in total. The van der Waals surface area contributed by atoms with E-state index in [0.717, 1.165) is 0 Å². The van der Waals surface area contributed by atoms with Gasteiger partial charge in [0.25, 0.3) is 0 Å². The Balaban J connectivity index is 1.37. The first-order valence-corrected chi connectivity index (χ1v) is 13.3. The Morgan fingerprint density at radius 3 is 2.18 bits per heavy atom. The third-order valence-corrected chi connectivity index (χ3v) is 7.63. The number of allylic oxidation sites excluding steroid dienone is 4. The highest BCUT2D eigenvalue weighted by Crippen LogP contribution is 2.49. The van der Waals surface area contributed by atoms with Gasteiger partial charge in [0.1, 0.15) is 0 Å². The van der Waals surface area contributed by atoms with E-state index in [1.165, 1.54) is 66.8 Å². The summed E-state index contributed by atoms with van der Waals surface area (Å²) in [5.41, 5.74) is 12.2. The van der Waals surface area contributed by atoms with Crippen molar-refractivity contribution in [2.45, 2.75) is 6.92 Å². The highest BCUT2D eigenvalue weighted by atomic mass is 15.2. The summed E-state index contributed by atoms with van der Waals surface area (Å²) in [5.74, 6) is 0. The predicted octanol–water partition coefficient (Wildman–Crippen LogP) is 9.99. The Morgan fingerprint density at radius 1 is 0.615 bits per heavy atom. The van der Waals surface area contributed by atoms with Crippen LogP contribution in [0.25, 0.3) is 44.3 Å². The van der Waals surface area contributed by atoms with Crippen molar-refractivity contribution >= 4 is 38.9 Å². The van der Waals surface area contributed by atoms with Crippen molar-refractivity contribution < 1.29 is 0 Å². The molecule has 6 aromatic rings. The van der Waals surface area contributed by atoms with Crippen LogP contribution in [-0.2, 0) is 0 Å². The molecule has 0 unspecified atom stereocenters. The summed E-state index contributed by atoms with van der Waals surface area (Å²) in [4.78, 5) is 2.31. The van der Waals surface area contributed by atoms with Gasteiger partial charge in [-0.1, -0.05) is 91.5 Å². The van der Waals surface area contributed by atoms with Crippen molar-refractivity contribution in [1.29, 1.82) is 0 Å². The lowest BCUT2D eigenvalue weighted by Crippen LogP contribution is -2.26. The van der Waals surface area contributed by atoms with Crippen molar-refractivity contribution in [2.24, 2.45) is 0 Å². The van der Waals surface area contributed by atoms with Gasteiger partial charge in [0.05, 0.1) is 22.4 Å². The molecule has 2 nitrogen and oxygen atoms in total. The SMILES string of the molecule is C=C/C=C\C=C1\c2cc(-c3ccc4c(c3)c3ccccc3n4-c3ccccc3C)ccc2N1c1ccccc1. The lowest BCUT2D eigenvalue weighted by Gasteiger charge is -2.39. The Labute approximate surface area is 229 Å². The largest absolute Gasteiger partial charge is 0.309 e. The average molecular weight is 501 g/mol. The number of hydrogen-bond acceptors (Lipinski definition) is 1. The quantitative estimate of drug-likeness (QED) is 0.214. The smallest absolute Gasteiger partial charge is 0.0555 e. The average Bonchev–Trinajstić information content (AvgIpc) is 3.30. The van der Waals surface area contributed by atoms with Crippen LogP contribution in [0.1, 0.15) is 11.1 Å². The molecule has 186 valence electrons. The Morgan fingerprint density at radius 2 is 1.33 bits per heavy atom. The van der Waals surface area contributed by atoms with Crippen LogP contribution in [0.2, 0.25) is 0 Å². The summed E-state index contributed by atoms with van der Waals surface area (Å²) in [5, 5.41) is 2.54. The van der Waals surface area contributed by atoms with Gasteiger partial charge in [0.2, 0.25) is 0 Å². The summed E-state index contributed by atoms with van der Waals surface area (Å²) in [6.07, 6.45) is 8.00. The van der Waals surface area contributed by atoms with Crippen LogP contribution in [0.5, 0.6) is 0 Å². The van der Waals surface area contributed by atoms with Gasteiger partial charge < -0.3 is 9.47 Å². The molecule has 2 heterocycles. The second-order valence-electron chi connectivity index (χ2n) is 9.95. The van der Waals surface area contributed by atoms with Gasteiger partial charge >= 0.3 is 0 Å². The zero-order valence-corrected chi connectivity index (χ0v) is 21.9. The van der Waals surface area contributed by atoms with Crippen LogP contribution >= 0.6 is 0 Å². The molecule has 39 heavy (non-hydrogen) atoms. The first-order valence-electron chi connectivity index (χ1n) is 13.3. The van der Waals surface area contributed by atoms with Gasteiger partial charge in [-0.2, -0.15) is 0 Å². The third kappa shape index (κ3) is 3.72. The molecule has 7 rings (SSSR count). The van der Waals surface area contributed by atoms with E-state index in [1.807, 2.05) is 12.2 Å². The summed E-state index contributed by atoms with van der Waals surface area (Å²) in [6, 6.07) is 41.5. The molecule has 0 amide bonds. The zero-order valence-electron chi connectivity index (χ0n) is 21.9. The molecule has 1 aromatic heterocycles. The van der Waals surface area contributed by atoms with Gasteiger partial charge in [-0.05, 0) is 78.2 Å². The van der Waals surface area contributed by atoms with Crippen LogP contribution < -0.4 is 4.90 Å². The van der Waals surface area contributed by atoms with Crippen LogP contribution in [-0.4, -0.2) is 4.57 Å². The number of fused-ring (bicyclic) bond motifs is 4. The molecular weight excluding hydrogens is 472 g/mol. The van der Waals surface area contributed by atoms with E-state index in [4.69, 9.17) is 0 Å². The van der Waals surface area contributed by atoms with Gasteiger partial charge in [-0.3, -0.25) is 0 Å². The lowest BCUT2D eigenvalue weighted by molar-refractivity contribution is 1.15. The number of benzene rings is 5. The number of para-hydroxylation sites is 3. The molecule has 0 bridgehead atoms. The minimum absolute atomic E-state index is 1.17. The molecule has 0 saturated heterocycles. The van der Waals surface area contributed by atoms with E-state index >= 15 is 0 Å². The summed E-state index contributed by atoms with van der Waals surface area (Å²) in [7, 11) is 0. The fourth-order valence-corrected chi connectivity index (χ4v) is 5.78. The van der Waals surface area contributed by atoms with E-state index in [1.54, 1.807) is 0 Å². The van der Waals surface area contributed by atoms with Crippen LogP contribution in [0.4, 0.5) is 11.4 Å². The van der Waals surface area contributed by atoms with Crippen molar-refractivity contribution in [3.8, 4) is 16.8 Å². The van der Waals surface area contributed by atoms with Gasteiger partial charge in [0, 0.05) is 27.7 Å². The first kappa shape index (κ1) is 23.1. The molecule has 5 aromatic carbocycles. The molecule has 0 fully saturated rings. The molecular formula is C37H28N2. The van der Waals surface area contributed by atoms with Crippen molar-refractivity contribution in [1.82, 2.24) is 4.57 Å². The standard InChI is InChI=1S/C37H28N2/c1-3-4-6-18-35-32-25-28(21-23-37(32)38(35)29-14-7-5-8-15-29)27-20-22-36-31(24-27)30-16-10-12-19-34(30)39(36)33-17-11-9-13-26(33)2/h3-25H,1H2,2H3/b6-4-,35-18-. The number of aryl methyl sites for hydroxylation is 1. The van der Waals surface area contributed by atoms with Crippen molar-refractivity contribution in [2.75, 3.05) is 4.90 Å². The van der Waals surface area contributed by atoms with E-state index in [0.29, 0.717) is 0 Å². The highest BCUT2D eigenvalue weighted by Gasteiger charge is 2.30. The Kier molecular flexibility index (Phi) is 5.53. The van der Waals surface area contributed by atoms with Gasteiger partial charge in [-0.15, -0.1) is 0 Å². The molecule has 1 aliphatic heterocycles. The van der Waals surface area contributed by atoms with E-state index < -0.39 is 0 Å². The second-order valence-corrected chi connectivity index (χ2v) is 9.95. The lowest BCUT2D eigenvalue weighted by atomic mass is 9.92. The van der Waals surface area contributed by atoms with E-state index in [9.17, 15) is 0 Å². The normalized spacial score (nSPS) is 13.8. The maximum atomic E-state index is 3.82. The third-order valence-electron chi connectivity index (χ3n) is 7.63. The fourth-order valence-electron chi connectivity index (χ4n) is 5.78. The van der Waals surface area contributed by atoms with Crippen LogP contribution in [0.3, 0.4) is 0 Å². The Bertz CT molecular complexity index is 1940. The molecule has 0 aliphatic carbocycles. The molecule has 0 atom stereocenters. The van der Waals surface area contributed by atoms with E-state index in [-0.39, 0.29) is 0 Å². The van der Waals surface area contributed by atoms with Crippen molar-refractivity contribution in [3.63, 3.8) is 0 Å². The number of hydrogen-bond donors (Lipinski definition) is 0. The molecule has 0 radical (unpaired) electrons. The van der Waals surface area contributed by atoms with Gasteiger partial charge in [-0.25, -0.2) is 0 Å². The Hall–Kier alpha value is -5.08. The monoisotopic (exact) mass is 500 g/mol. The molecule has 0 saturated carbocycles. The summed E-state index contributed by atoms with van der Waals surface area (Å²) < 4.78 is 2.39. The molecule has 1 aliphatic rings. The van der Waals surface area contributed by atoms with Crippen LogP contribution in [0.15, 0.2) is 146 Å².